The molecule has 1 aliphatic rings. The van der Waals surface area contributed by atoms with Gasteiger partial charge in [0.2, 0.25) is 4.96 Å². The maximum atomic E-state index is 13.3. The van der Waals surface area contributed by atoms with Gasteiger partial charge < -0.3 is 15.0 Å². The first-order chi connectivity index (χ1) is 12.2. The zero-order valence-electron chi connectivity index (χ0n) is 13.2. The summed E-state index contributed by atoms with van der Waals surface area (Å²) in [4.78, 5) is 16.5. The van der Waals surface area contributed by atoms with Gasteiger partial charge in [-0.05, 0) is 0 Å². The van der Waals surface area contributed by atoms with Crippen LogP contribution in [0.2, 0.25) is 0 Å². The lowest BCUT2D eigenvalue weighted by Gasteiger charge is -2.15. The van der Waals surface area contributed by atoms with E-state index in [9.17, 15) is 26.7 Å². The maximum absolute atomic E-state index is 13.3. The number of imidazole rings is 1. The van der Waals surface area contributed by atoms with Crippen molar-refractivity contribution in [2.45, 2.75) is 25.4 Å². The largest absolute Gasteiger partial charge is 0.435 e. The van der Waals surface area contributed by atoms with Crippen molar-refractivity contribution in [3.8, 4) is 0 Å². The molecule has 2 amide bonds. The normalized spacial score (nSPS) is 17.8. The van der Waals surface area contributed by atoms with E-state index in [2.05, 4.69) is 15.4 Å². The Morgan fingerprint density at radius 3 is 2.81 bits per heavy atom. The standard InChI is InChI=1S/C13H12F5N5O2S/c1-25-5-9-21-23-7(10(13(16,17)18)20-12(23)26-9)4-22-3-6(2-8(14)15)19-11(22)24/h2,6H,3-5H2,1H3,(H,19,24). The smallest absolute Gasteiger partial charge is 0.377 e. The van der Waals surface area contributed by atoms with Crippen molar-refractivity contribution in [3.05, 3.63) is 28.6 Å². The summed E-state index contributed by atoms with van der Waals surface area (Å²) in [6.45, 7) is -0.576. The van der Waals surface area contributed by atoms with Crippen LogP contribution in [0.3, 0.4) is 0 Å². The van der Waals surface area contributed by atoms with Gasteiger partial charge in [-0.15, -0.1) is 0 Å². The molecule has 1 N–H and O–H groups in total. The van der Waals surface area contributed by atoms with Crippen LogP contribution in [0.25, 0.3) is 4.96 Å². The molecular weight excluding hydrogens is 385 g/mol. The average Bonchev–Trinajstić information content (AvgIpc) is 3.13. The second-order valence-corrected chi connectivity index (χ2v) is 6.46. The molecule has 0 saturated carbocycles. The van der Waals surface area contributed by atoms with Gasteiger partial charge in [0.1, 0.15) is 5.01 Å². The predicted octanol–water partition coefficient (Wildman–Crippen LogP) is 2.63. The summed E-state index contributed by atoms with van der Waals surface area (Å²) in [6, 6.07) is -1.73. The number of alkyl halides is 3. The Morgan fingerprint density at radius 2 is 2.19 bits per heavy atom. The molecule has 26 heavy (non-hydrogen) atoms. The molecule has 1 fully saturated rings. The second-order valence-electron chi connectivity index (χ2n) is 5.42. The van der Waals surface area contributed by atoms with Crippen LogP contribution in [-0.4, -0.2) is 45.2 Å². The molecule has 0 aliphatic carbocycles. The van der Waals surface area contributed by atoms with Crippen molar-refractivity contribution in [3.63, 3.8) is 0 Å². The van der Waals surface area contributed by atoms with Crippen LogP contribution in [0.15, 0.2) is 12.2 Å². The van der Waals surface area contributed by atoms with Gasteiger partial charge in [-0.3, -0.25) is 0 Å². The van der Waals surface area contributed by atoms with Gasteiger partial charge in [0.25, 0.3) is 6.08 Å². The van der Waals surface area contributed by atoms with Crippen LogP contribution in [0.5, 0.6) is 0 Å². The van der Waals surface area contributed by atoms with Crippen LogP contribution < -0.4 is 5.32 Å². The number of nitrogens with one attached hydrogen (secondary N) is 1. The highest BCUT2D eigenvalue weighted by Gasteiger charge is 2.40. The number of hydrogen-bond acceptors (Lipinski definition) is 5. The number of rotatable bonds is 5. The summed E-state index contributed by atoms with van der Waals surface area (Å²) in [7, 11) is 1.42. The Labute approximate surface area is 147 Å². The Bertz CT molecular complexity index is 857. The van der Waals surface area contributed by atoms with Crippen molar-refractivity contribution >= 4 is 22.3 Å². The third-order valence-corrected chi connectivity index (χ3v) is 4.44. The molecule has 0 bridgehead atoms. The summed E-state index contributed by atoms with van der Waals surface area (Å²) >= 11 is 0.929. The van der Waals surface area contributed by atoms with E-state index < -0.39 is 36.6 Å². The van der Waals surface area contributed by atoms with Crippen molar-refractivity contribution in [1.29, 1.82) is 0 Å². The van der Waals surface area contributed by atoms with E-state index in [4.69, 9.17) is 4.74 Å². The Morgan fingerprint density at radius 1 is 1.46 bits per heavy atom. The molecule has 0 radical (unpaired) electrons. The van der Waals surface area contributed by atoms with Crippen LogP contribution in [0, 0.1) is 0 Å². The van der Waals surface area contributed by atoms with Gasteiger partial charge >= 0.3 is 12.2 Å². The first kappa shape index (κ1) is 18.5. The third kappa shape index (κ3) is 3.62. The summed E-state index contributed by atoms with van der Waals surface area (Å²) in [6.07, 6.45) is -6.19. The molecule has 2 aromatic rings. The summed E-state index contributed by atoms with van der Waals surface area (Å²) in [5, 5.41) is 6.70. The number of carbonyl (C=O) groups is 1. The molecule has 0 spiro atoms. The number of urea groups is 1. The zero-order chi connectivity index (χ0) is 19.1. The fraction of sp³-hybridized carbons (Fsp3) is 0.462. The number of amides is 2. The number of methoxy groups -OCH3 is 1. The van der Waals surface area contributed by atoms with Crippen molar-refractivity contribution in [1.82, 2.24) is 24.8 Å². The number of aromatic nitrogens is 3. The van der Waals surface area contributed by atoms with E-state index in [1.807, 2.05) is 0 Å². The Hall–Kier alpha value is -2.28. The van der Waals surface area contributed by atoms with Gasteiger partial charge in [0.15, 0.2) is 5.69 Å². The molecule has 13 heteroatoms. The first-order valence-corrected chi connectivity index (χ1v) is 8.02. The number of nitrogens with zero attached hydrogens (tertiary/aromatic N) is 4. The highest BCUT2D eigenvalue weighted by molar-refractivity contribution is 7.16. The Balaban J connectivity index is 1.94. The van der Waals surface area contributed by atoms with Gasteiger partial charge in [0, 0.05) is 19.7 Å². The van der Waals surface area contributed by atoms with E-state index in [0.717, 1.165) is 20.8 Å². The fourth-order valence-electron chi connectivity index (χ4n) is 2.56. The van der Waals surface area contributed by atoms with Gasteiger partial charge in [0.05, 0.1) is 24.9 Å². The van der Waals surface area contributed by atoms with Crippen molar-refractivity contribution in [2.75, 3.05) is 13.7 Å². The molecule has 1 atom stereocenters. The fourth-order valence-corrected chi connectivity index (χ4v) is 3.44. The minimum absolute atomic E-state index is 0.00484. The maximum Gasteiger partial charge on any atom is 0.435 e. The van der Waals surface area contributed by atoms with Crippen molar-refractivity contribution in [2.24, 2.45) is 0 Å². The minimum Gasteiger partial charge on any atom is -0.377 e. The van der Waals surface area contributed by atoms with E-state index in [1.54, 1.807) is 0 Å². The summed E-state index contributed by atoms with van der Waals surface area (Å²) in [5.74, 6) is 0. The molecule has 7 nitrogen and oxygen atoms in total. The lowest BCUT2D eigenvalue weighted by molar-refractivity contribution is -0.141. The Kier molecular flexibility index (Phi) is 4.84. The van der Waals surface area contributed by atoms with Gasteiger partial charge in [-0.1, -0.05) is 11.3 Å². The van der Waals surface area contributed by atoms with E-state index >= 15 is 0 Å². The average molecular weight is 397 g/mol. The number of fused-ring (bicyclic) bond motifs is 1. The van der Waals surface area contributed by atoms with Gasteiger partial charge in [-0.2, -0.15) is 27.1 Å². The molecule has 142 valence electrons. The number of carbonyl (C=O) groups excluding carboxylic acids is 1. The lowest BCUT2D eigenvalue weighted by atomic mass is 10.2. The molecule has 3 rings (SSSR count). The SMILES string of the molecule is COCc1nn2c(CN3CC(C=C(F)F)NC3=O)c(C(F)(F)F)nc2s1. The predicted molar refractivity (Wildman–Crippen MR) is 79.6 cm³/mol. The summed E-state index contributed by atoms with van der Waals surface area (Å²) < 4.78 is 70.4. The quantitative estimate of drug-likeness (QED) is 0.788. The van der Waals surface area contributed by atoms with Crippen molar-refractivity contribution < 1.29 is 31.5 Å². The van der Waals surface area contributed by atoms with Crippen LogP contribution in [-0.2, 0) is 24.1 Å². The lowest BCUT2D eigenvalue weighted by Crippen LogP contribution is -2.29. The third-order valence-electron chi connectivity index (χ3n) is 3.56. The molecule has 0 aromatic carbocycles. The van der Waals surface area contributed by atoms with Gasteiger partial charge in [-0.25, -0.2) is 14.3 Å². The molecule has 2 aromatic heterocycles. The van der Waals surface area contributed by atoms with Crippen LogP contribution in [0.1, 0.15) is 16.4 Å². The molecule has 1 unspecified atom stereocenters. The van der Waals surface area contributed by atoms with E-state index in [1.165, 1.54) is 7.11 Å². The summed E-state index contributed by atoms with van der Waals surface area (Å²) in [5.41, 5.74) is -1.50. The van der Waals surface area contributed by atoms with E-state index in [-0.39, 0.29) is 23.8 Å². The zero-order valence-corrected chi connectivity index (χ0v) is 14.0. The molecule has 3 heterocycles. The monoisotopic (exact) mass is 397 g/mol. The first-order valence-electron chi connectivity index (χ1n) is 7.20. The van der Waals surface area contributed by atoms with E-state index in [0.29, 0.717) is 11.1 Å². The molecule has 1 saturated heterocycles. The van der Waals surface area contributed by atoms with Crippen LogP contribution in [0.4, 0.5) is 26.7 Å². The highest BCUT2D eigenvalue weighted by atomic mass is 32.1. The minimum atomic E-state index is -4.75. The second kappa shape index (κ2) is 6.79. The topological polar surface area (TPSA) is 71.8 Å². The number of hydrogen-bond donors (Lipinski definition) is 1. The molecular formula is C13H12F5N5O2S. The van der Waals surface area contributed by atoms with Crippen LogP contribution >= 0.6 is 11.3 Å². The highest BCUT2D eigenvalue weighted by Crippen LogP contribution is 2.34. The number of ether oxygens (including phenoxy) is 1. The number of halogens is 5. The molecule has 1 aliphatic heterocycles.